The molecule has 0 spiro atoms. The third-order valence-corrected chi connectivity index (χ3v) is 3.62. The number of carbonyl (C=O) groups is 2. The minimum atomic E-state index is -1.30. The number of rotatable bonds is 3. The van der Waals surface area contributed by atoms with E-state index in [9.17, 15) is 9.59 Å². The predicted molar refractivity (Wildman–Crippen MR) is 77.0 cm³/mol. The van der Waals surface area contributed by atoms with Gasteiger partial charge in [-0.25, -0.2) is 4.79 Å². The zero-order chi connectivity index (χ0) is 16.4. The van der Waals surface area contributed by atoms with Crippen molar-refractivity contribution in [3.05, 3.63) is 35.9 Å². The van der Waals surface area contributed by atoms with E-state index < -0.39 is 18.0 Å². The molecule has 0 aromatic heterocycles. The van der Waals surface area contributed by atoms with Crippen molar-refractivity contribution in [3.63, 3.8) is 0 Å². The molecule has 3 rings (SSSR count). The Morgan fingerprint density at radius 2 is 2.13 bits per heavy atom. The van der Waals surface area contributed by atoms with Crippen LogP contribution in [0.5, 0.6) is 11.5 Å². The molecule has 1 aromatic carbocycles. The Labute approximate surface area is 132 Å². The van der Waals surface area contributed by atoms with E-state index in [1.165, 1.54) is 12.2 Å². The number of carbonyl (C=O) groups excluding carboxylic acids is 2. The molecule has 2 heterocycles. The average molecular weight is 320 g/mol. The number of hydrogen-bond donors (Lipinski definition) is 0. The minimum Gasteiger partial charge on any atom is -0.454 e. The highest BCUT2D eigenvalue weighted by Gasteiger charge is 2.41. The Morgan fingerprint density at radius 3 is 2.91 bits per heavy atom. The van der Waals surface area contributed by atoms with Crippen molar-refractivity contribution < 1.29 is 33.3 Å². The van der Waals surface area contributed by atoms with Crippen LogP contribution >= 0.6 is 0 Å². The van der Waals surface area contributed by atoms with Crippen LogP contribution in [-0.4, -0.2) is 31.6 Å². The number of benzene rings is 1. The van der Waals surface area contributed by atoms with Gasteiger partial charge in [0.15, 0.2) is 22.9 Å². The van der Waals surface area contributed by atoms with Crippen molar-refractivity contribution in [2.75, 3.05) is 13.4 Å². The van der Waals surface area contributed by atoms with Crippen LogP contribution in [0, 0.1) is 0 Å². The lowest BCUT2D eigenvalue weighted by Crippen LogP contribution is -2.42. The van der Waals surface area contributed by atoms with Gasteiger partial charge in [-0.05, 0) is 43.7 Å². The van der Waals surface area contributed by atoms with Crippen molar-refractivity contribution in [1.82, 2.24) is 0 Å². The summed E-state index contributed by atoms with van der Waals surface area (Å²) >= 11 is 0. The normalized spacial score (nSPS) is 25.3. The van der Waals surface area contributed by atoms with E-state index in [2.05, 4.69) is 0 Å². The van der Waals surface area contributed by atoms with Gasteiger partial charge >= 0.3 is 6.16 Å². The molecule has 0 fully saturated rings. The van der Waals surface area contributed by atoms with Crippen molar-refractivity contribution in [2.45, 2.75) is 25.7 Å². The van der Waals surface area contributed by atoms with Crippen molar-refractivity contribution in [1.29, 1.82) is 0 Å². The average Bonchev–Trinajstić information content (AvgIpc) is 2.99. The van der Waals surface area contributed by atoms with Crippen molar-refractivity contribution in [3.8, 4) is 11.5 Å². The molecule has 0 aliphatic carbocycles. The lowest BCUT2D eigenvalue weighted by atomic mass is 9.89. The molecule has 0 saturated heterocycles. The lowest BCUT2D eigenvalue weighted by molar-refractivity contribution is -0.182. The summed E-state index contributed by atoms with van der Waals surface area (Å²) in [4.78, 5) is 23.7. The monoisotopic (exact) mass is 320 g/mol. The quantitative estimate of drug-likeness (QED) is 0.790. The molecule has 2 aliphatic rings. The van der Waals surface area contributed by atoms with Crippen LogP contribution in [0.4, 0.5) is 4.79 Å². The third-order valence-electron chi connectivity index (χ3n) is 3.62. The van der Waals surface area contributed by atoms with Crippen LogP contribution in [0.3, 0.4) is 0 Å². The highest BCUT2D eigenvalue weighted by molar-refractivity contribution is 5.98. The largest absolute Gasteiger partial charge is 0.510 e. The van der Waals surface area contributed by atoms with Crippen LogP contribution in [0.1, 0.15) is 19.4 Å². The minimum absolute atomic E-state index is 0.138. The Kier molecular flexibility index (Phi) is 3.96. The first-order valence-corrected chi connectivity index (χ1v) is 7.17. The van der Waals surface area contributed by atoms with Crippen LogP contribution in [-0.2, 0) is 24.6 Å². The number of ketones is 1. The zero-order valence-electron chi connectivity index (χ0n) is 12.7. The van der Waals surface area contributed by atoms with Crippen molar-refractivity contribution >= 4 is 11.9 Å². The maximum absolute atomic E-state index is 12.3. The highest BCUT2D eigenvalue weighted by atomic mass is 16.8. The molecule has 7 heteroatoms. The van der Waals surface area contributed by atoms with Gasteiger partial charge in [-0.3, -0.25) is 4.79 Å². The second-order valence-electron chi connectivity index (χ2n) is 5.11. The zero-order valence-corrected chi connectivity index (χ0v) is 12.7. The Balaban J connectivity index is 1.83. The van der Waals surface area contributed by atoms with Gasteiger partial charge in [0, 0.05) is 0 Å². The molecular formula is C16H16O7. The second kappa shape index (κ2) is 5.92. The second-order valence-corrected chi connectivity index (χ2v) is 5.11. The third kappa shape index (κ3) is 2.87. The Bertz CT molecular complexity index is 666. The lowest BCUT2D eigenvalue weighted by Gasteiger charge is -2.33. The van der Waals surface area contributed by atoms with E-state index in [1.807, 2.05) is 0 Å². The van der Waals surface area contributed by atoms with E-state index >= 15 is 0 Å². The number of fused-ring (bicyclic) bond motifs is 1. The summed E-state index contributed by atoms with van der Waals surface area (Å²) in [5, 5.41) is 0. The SMILES string of the molecule is CCOC(=O)OC1C=CC(=O)C(C)(c2ccc3c(c2)OCO3)O1. The van der Waals surface area contributed by atoms with Gasteiger partial charge in [-0.1, -0.05) is 6.07 Å². The van der Waals surface area contributed by atoms with Gasteiger partial charge in [0.2, 0.25) is 13.1 Å². The fourth-order valence-corrected chi connectivity index (χ4v) is 2.37. The topological polar surface area (TPSA) is 80.3 Å². The first kappa shape index (κ1) is 15.4. The predicted octanol–water partition coefficient (Wildman–Crippen LogP) is 2.29. The molecule has 0 amide bonds. The molecule has 0 bridgehead atoms. The van der Waals surface area contributed by atoms with Crippen LogP contribution in [0.2, 0.25) is 0 Å². The molecule has 7 nitrogen and oxygen atoms in total. The van der Waals surface area contributed by atoms with Crippen LogP contribution in [0.25, 0.3) is 0 Å². The van der Waals surface area contributed by atoms with E-state index in [-0.39, 0.29) is 19.2 Å². The molecular weight excluding hydrogens is 304 g/mol. The molecule has 2 unspecified atom stereocenters. The summed E-state index contributed by atoms with van der Waals surface area (Å²) < 4.78 is 26.0. The summed E-state index contributed by atoms with van der Waals surface area (Å²) in [5.41, 5.74) is -0.721. The van der Waals surface area contributed by atoms with Gasteiger partial charge in [-0.2, -0.15) is 0 Å². The van der Waals surface area contributed by atoms with Gasteiger partial charge < -0.3 is 23.7 Å². The molecule has 1 aromatic rings. The first-order chi connectivity index (χ1) is 11.0. The van der Waals surface area contributed by atoms with Crippen molar-refractivity contribution in [2.24, 2.45) is 0 Å². The van der Waals surface area contributed by atoms with Gasteiger partial charge in [0.05, 0.1) is 6.61 Å². The molecule has 23 heavy (non-hydrogen) atoms. The maximum Gasteiger partial charge on any atom is 0.510 e. The van der Waals surface area contributed by atoms with Gasteiger partial charge in [0.25, 0.3) is 0 Å². The highest BCUT2D eigenvalue weighted by Crippen LogP contribution is 2.39. The van der Waals surface area contributed by atoms with E-state index in [0.29, 0.717) is 17.1 Å². The Hall–Kier alpha value is -2.54. The standard InChI is InChI=1S/C16H16O7/c1-3-19-15(18)22-14-7-6-13(17)16(2,23-14)10-4-5-11-12(8-10)21-9-20-11/h4-8,14H,3,9H2,1-2H3. The van der Waals surface area contributed by atoms with E-state index in [1.54, 1.807) is 32.0 Å². The molecule has 122 valence electrons. The Morgan fingerprint density at radius 1 is 1.35 bits per heavy atom. The molecule has 0 radical (unpaired) electrons. The fraction of sp³-hybridized carbons (Fsp3) is 0.375. The number of ether oxygens (including phenoxy) is 5. The summed E-state index contributed by atoms with van der Waals surface area (Å²) in [6.07, 6.45) is 0.832. The van der Waals surface area contributed by atoms with Gasteiger partial charge in [-0.15, -0.1) is 0 Å². The van der Waals surface area contributed by atoms with Gasteiger partial charge in [0.1, 0.15) is 0 Å². The molecule has 2 atom stereocenters. The van der Waals surface area contributed by atoms with E-state index in [4.69, 9.17) is 23.7 Å². The van der Waals surface area contributed by atoms with E-state index in [0.717, 1.165) is 0 Å². The summed E-state index contributed by atoms with van der Waals surface area (Å²) in [6.45, 7) is 3.60. The maximum atomic E-state index is 12.3. The number of hydrogen-bond acceptors (Lipinski definition) is 7. The molecule has 2 aliphatic heterocycles. The first-order valence-electron chi connectivity index (χ1n) is 7.17. The molecule has 0 N–H and O–H groups in total. The summed E-state index contributed by atoms with van der Waals surface area (Å²) in [6, 6.07) is 5.10. The smallest absolute Gasteiger partial charge is 0.454 e. The summed E-state index contributed by atoms with van der Waals surface area (Å²) in [7, 11) is 0. The van der Waals surface area contributed by atoms with Crippen LogP contribution < -0.4 is 9.47 Å². The summed E-state index contributed by atoms with van der Waals surface area (Å²) in [5.74, 6) is 0.882. The van der Waals surface area contributed by atoms with Crippen LogP contribution in [0.15, 0.2) is 30.4 Å². The molecule has 0 saturated carbocycles. The fourth-order valence-electron chi connectivity index (χ4n) is 2.37.